The average Bonchev–Trinajstić information content (AvgIpc) is 2.42. The van der Waals surface area contributed by atoms with Gasteiger partial charge < -0.3 is 10.1 Å². The minimum absolute atomic E-state index is 0.259. The Kier molecular flexibility index (Phi) is 7.05. The van der Waals surface area contributed by atoms with Gasteiger partial charge in [-0.25, -0.2) is 8.78 Å². The molecule has 3 nitrogen and oxygen atoms in total. The van der Waals surface area contributed by atoms with Gasteiger partial charge in [-0.15, -0.1) is 0 Å². The molecular weight excluding hydrogens is 262 g/mol. The summed E-state index contributed by atoms with van der Waals surface area (Å²) in [4.78, 5) is 2.18. The number of methoxy groups -OCH3 is 1. The van der Waals surface area contributed by atoms with Gasteiger partial charge in [0.25, 0.3) is 0 Å². The molecule has 1 aromatic rings. The predicted octanol–water partition coefficient (Wildman–Crippen LogP) is 2.58. The molecule has 1 atom stereocenters. The van der Waals surface area contributed by atoms with Gasteiger partial charge in [-0.05, 0) is 27.0 Å². The van der Waals surface area contributed by atoms with E-state index < -0.39 is 11.6 Å². The van der Waals surface area contributed by atoms with E-state index >= 15 is 0 Å². The Morgan fingerprint density at radius 1 is 1.30 bits per heavy atom. The van der Waals surface area contributed by atoms with Crippen molar-refractivity contribution in [1.29, 1.82) is 0 Å². The van der Waals surface area contributed by atoms with Crippen molar-refractivity contribution in [2.75, 3.05) is 33.9 Å². The van der Waals surface area contributed by atoms with Gasteiger partial charge in [0.15, 0.2) is 11.6 Å². The van der Waals surface area contributed by atoms with Crippen LogP contribution in [0.1, 0.15) is 25.5 Å². The molecule has 1 N–H and O–H groups in total. The van der Waals surface area contributed by atoms with Crippen molar-refractivity contribution in [2.45, 2.75) is 25.9 Å². The second kappa shape index (κ2) is 8.29. The van der Waals surface area contributed by atoms with E-state index in [4.69, 9.17) is 4.74 Å². The van der Waals surface area contributed by atoms with Crippen LogP contribution in [0.4, 0.5) is 8.78 Å². The molecule has 0 aromatic heterocycles. The van der Waals surface area contributed by atoms with E-state index in [-0.39, 0.29) is 6.04 Å². The molecule has 20 heavy (non-hydrogen) atoms. The van der Waals surface area contributed by atoms with Crippen LogP contribution in [0.25, 0.3) is 0 Å². The Labute approximate surface area is 119 Å². The van der Waals surface area contributed by atoms with Crippen LogP contribution in [0.3, 0.4) is 0 Å². The molecular formula is C15H24F2N2O. The molecule has 0 amide bonds. The lowest BCUT2D eigenvalue weighted by Gasteiger charge is -2.30. The Morgan fingerprint density at radius 3 is 2.55 bits per heavy atom. The SMILES string of the molecule is CNC(CN(CCOC)C(C)C)c1cccc(F)c1F. The number of ether oxygens (including phenoxy) is 1. The molecule has 0 fully saturated rings. The molecule has 1 aromatic carbocycles. The molecule has 0 radical (unpaired) electrons. The second-order valence-corrected chi connectivity index (χ2v) is 5.07. The Hall–Kier alpha value is -1.04. The van der Waals surface area contributed by atoms with Gasteiger partial charge >= 0.3 is 0 Å². The van der Waals surface area contributed by atoms with Gasteiger partial charge in [-0.2, -0.15) is 0 Å². The third-order valence-electron chi connectivity index (χ3n) is 3.44. The second-order valence-electron chi connectivity index (χ2n) is 5.07. The van der Waals surface area contributed by atoms with Crippen LogP contribution in [0, 0.1) is 11.6 Å². The summed E-state index contributed by atoms with van der Waals surface area (Å²) in [6.45, 7) is 6.11. The first-order valence-corrected chi connectivity index (χ1v) is 6.85. The van der Waals surface area contributed by atoms with E-state index in [9.17, 15) is 8.78 Å². The van der Waals surface area contributed by atoms with Crippen molar-refractivity contribution in [3.63, 3.8) is 0 Å². The van der Waals surface area contributed by atoms with E-state index in [1.54, 1.807) is 20.2 Å². The number of likely N-dealkylation sites (N-methyl/N-ethyl adjacent to an activating group) is 1. The fourth-order valence-electron chi connectivity index (χ4n) is 2.14. The first-order chi connectivity index (χ1) is 9.51. The van der Waals surface area contributed by atoms with Crippen LogP contribution in [0.15, 0.2) is 18.2 Å². The maximum absolute atomic E-state index is 13.9. The third kappa shape index (κ3) is 4.51. The zero-order valence-corrected chi connectivity index (χ0v) is 12.6. The molecule has 1 unspecified atom stereocenters. The van der Waals surface area contributed by atoms with E-state index in [0.717, 1.165) is 12.6 Å². The molecule has 0 aliphatic rings. The standard InChI is InChI=1S/C15H24F2N2O/c1-11(2)19(8-9-20-4)10-14(18-3)12-6-5-7-13(16)15(12)17/h5-7,11,14,18H,8-10H2,1-4H3. The van der Waals surface area contributed by atoms with Gasteiger partial charge in [0.2, 0.25) is 0 Å². The van der Waals surface area contributed by atoms with Crippen molar-refractivity contribution < 1.29 is 13.5 Å². The summed E-state index contributed by atoms with van der Waals surface area (Å²) in [5, 5.41) is 3.06. The van der Waals surface area contributed by atoms with E-state index in [1.165, 1.54) is 6.07 Å². The molecule has 0 saturated heterocycles. The molecule has 0 aliphatic heterocycles. The van der Waals surface area contributed by atoms with Gasteiger partial charge in [-0.3, -0.25) is 4.90 Å². The summed E-state index contributed by atoms with van der Waals surface area (Å²) in [6.07, 6.45) is 0. The van der Waals surface area contributed by atoms with Gasteiger partial charge in [0.1, 0.15) is 0 Å². The number of benzene rings is 1. The topological polar surface area (TPSA) is 24.5 Å². The maximum atomic E-state index is 13.9. The van der Waals surface area contributed by atoms with Crippen LogP contribution >= 0.6 is 0 Å². The van der Waals surface area contributed by atoms with Gasteiger partial charge in [0.05, 0.1) is 6.61 Å². The van der Waals surface area contributed by atoms with E-state index in [1.807, 2.05) is 0 Å². The maximum Gasteiger partial charge on any atom is 0.163 e. The zero-order valence-electron chi connectivity index (χ0n) is 12.6. The number of nitrogens with one attached hydrogen (secondary N) is 1. The number of hydrogen-bond acceptors (Lipinski definition) is 3. The summed E-state index contributed by atoms with van der Waals surface area (Å²) in [5.74, 6) is -1.59. The fraction of sp³-hybridized carbons (Fsp3) is 0.600. The van der Waals surface area contributed by atoms with Crippen molar-refractivity contribution in [2.24, 2.45) is 0 Å². The quantitative estimate of drug-likeness (QED) is 0.795. The minimum Gasteiger partial charge on any atom is -0.383 e. The molecule has 0 saturated carbocycles. The number of nitrogens with zero attached hydrogens (tertiary/aromatic N) is 1. The predicted molar refractivity (Wildman–Crippen MR) is 76.7 cm³/mol. The van der Waals surface area contributed by atoms with E-state index in [2.05, 4.69) is 24.1 Å². The molecule has 0 aliphatic carbocycles. The molecule has 0 bridgehead atoms. The summed E-state index contributed by atoms with van der Waals surface area (Å²) in [6, 6.07) is 4.33. The first-order valence-electron chi connectivity index (χ1n) is 6.85. The van der Waals surface area contributed by atoms with Crippen LogP contribution in [-0.2, 0) is 4.74 Å². The Morgan fingerprint density at radius 2 is 2.00 bits per heavy atom. The lowest BCUT2D eigenvalue weighted by Crippen LogP contribution is -2.40. The lowest BCUT2D eigenvalue weighted by molar-refractivity contribution is 0.121. The average molecular weight is 286 g/mol. The van der Waals surface area contributed by atoms with Crippen molar-refractivity contribution in [3.8, 4) is 0 Å². The zero-order chi connectivity index (χ0) is 15.1. The monoisotopic (exact) mass is 286 g/mol. The third-order valence-corrected chi connectivity index (χ3v) is 3.44. The Bertz CT molecular complexity index is 413. The van der Waals surface area contributed by atoms with Crippen molar-refractivity contribution in [1.82, 2.24) is 10.2 Å². The van der Waals surface area contributed by atoms with Crippen LogP contribution < -0.4 is 5.32 Å². The first kappa shape index (κ1) is 17.0. The molecule has 114 valence electrons. The number of hydrogen-bond donors (Lipinski definition) is 1. The largest absolute Gasteiger partial charge is 0.383 e. The smallest absolute Gasteiger partial charge is 0.163 e. The van der Waals surface area contributed by atoms with Crippen LogP contribution in [0.2, 0.25) is 0 Å². The molecule has 5 heteroatoms. The summed E-state index contributed by atoms with van der Waals surface area (Å²) in [7, 11) is 3.41. The number of halogens is 2. The Balaban J connectivity index is 2.86. The van der Waals surface area contributed by atoms with Gasteiger partial charge in [-0.1, -0.05) is 12.1 Å². The lowest BCUT2D eigenvalue weighted by atomic mass is 10.0. The van der Waals surface area contributed by atoms with Crippen LogP contribution in [0.5, 0.6) is 0 Å². The summed E-state index contributed by atoms with van der Waals surface area (Å²) >= 11 is 0. The highest BCUT2D eigenvalue weighted by atomic mass is 19.2. The highest BCUT2D eigenvalue weighted by Crippen LogP contribution is 2.20. The normalized spacial score (nSPS) is 13.2. The summed E-state index contributed by atoms with van der Waals surface area (Å²) in [5.41, 5.74) is 0.357. The van der Waals surface area contributed by atoms with Crippen LogP contribution in [-0.4, -0.2) is 44.8 Å². The molecule has 0 heterocycles. The van der Waals surface area contributed by atoms with Gasteiger partial charge in [0, 0.05) is 37.8 Å². The fourth-order valence-corrected chi connectivity index (χ4v) is 2.14. The van der Waals surface area contributed by atoms with E-state index in [0.29, 0.717) is 24.8 Å². The minimum atomic E-state index is -0.810. The molecule has 1 rings (SSSR count). The van der Waals surface area contributed by atoms with Crippen molar-refractivity contribution in [3.05, 3.63) is 35.4 Å². The molecule has 0 spiro atoms. The van der Waals surface area contributed by atoms with Crippen molar-refractivity contribution >= 4 is 0 Å². The summed E-state index contributed by atoms with van der Waals surface area (Å²) < 4.78 is 32.3. The highest BCUT2D eigenvalue weighted by molar-refractivity contribution is 5.23. The number of rotatable bonds is 8. The highest BCUT2D eigenvalue weighted by Gasteiger charge is 2.20.